The summed E-state index contributed by atoms with van der Waals surface area (Å²) in [5.74, 6) is -1.25. The molecule has 136 valence electrons. The molecular weight excluding hydrogens is 362 g/mol. The standard InChI is InChI=1S/C16H16ClN5O4/c17-10-6-4-9(5-7-10)11-8-13(24)19-16-20-15(21-22(11)16)18-12(23)2-1-3-14(25)26/h4-7,11H,1-3,8H2,(H,25,26)(H2,18,19,20,21,23,24)/t11-/m0/s1. The molecule has 2 aromatic rings. The van der Waals surface area contributed by atoms with Gasteiger partial charge in [-0.2, -0.15) is 4.98 Å². The smallest absolute Gasteiger partial charge is 0.303 e. The van der Waals surface area contributed by atoms with Crippen molar-refractivity contribution in [1.29, 1.82) is 0 Å². The largest absolute Gasteiger partial charge is 0.481 e. The van der Waals surface area contributed by atoms with Crippen LogP contribution in [0.25, 0.3) is 0 Å². The van der Waals surface area contributed by atoms with E-state index < -0.39 is 5.97 Å². The number of halogens is 1. The van der Waals surface area contributed by atoms with E-state index in [1.54, 1.807) is 24.3 Å². The zero-order valence-corrected chi connectivity index (χ0v) is 14.4. The maximum atomic E-state index is 12.0. The molecule has 1 aliphatic heterocycles. The number of aromatic nitrogens is 3. The average molecular weight is 378 g/mol. The fourth-order valence-corrected chi connectivity index (χ4v) is 2.77. The van der Waals surface area contributed by atoms with Crippen molar-refractivity contribution < 1.29 is 19.5 Å². The second kappa shape index (κ2) is 7.52. The number of carbonyl (C=O) groups is 3. The normalized spacial score (nSPS) is 15.9. The topological polar surface area (TPSA) is 126 Å². The minimum atomic E-state index is -0.957. The van der Waals surface area contributed by atoms with Crippen LogP contribution in [0.4, 0.5) is 11.9 Å². The molecule has 2 amide bonds. The van der Waals surface area contributed by atoms with Gasteiger partial charge in [0.05, 0.1) is 12.5 Å². The maximum Gasteiger partial charge on any atom is 0.303 e. The van der Waals surface area contributed by atoms with Gasteiger partial charge < -0.3 is 5.11 Å². The van der Waals surface area contributed by atoms with Crippen LogP contribution in [-0.2, 0) is 14.4 Å². The lowest BCUT2D eigenvalue weighted by Gasteiger charge is -2.23. The van der Waals surface area contributed by atoms with Crippen LogP contribution in [0.3, 0.4) is 0 Å². The highest BCUT2D eigenvalue weighted by Gasteiger charge is 2.29. The quantitative estimate of drug-likeness (QED) is 0.707. The molecule has 0 radical (unpaired) electrons. The van der Waals surface area contributed by atoms with Crippen molar-refractivity contribution in [3.8, 4) is 0 Å². The fourth-order valence-electron chi connectivity index (χ4n) is 2.65. The molecule has 1 atom stereocenters. The Morgan fingerprint density at radius 2 is 2.04 bits per heavy atom. The number of amides is 2. The number of benzene rings is 1. The van der Waals surface area contributed by atoms with Gasteiger partial charge in [0.1, 0.15) is 0 Å². The Balaban J connectivity index is 1.75. The van der Waals surface area contributed by atoms with Crippen molar-refractivity contribution in [2.75, 3.05) is 10.6 Å². The first-order chi connectivity index (χ1) is 12.4. The van der Waals surface area contributed by atoms with E-state index >= 15 is 0 Å². The first-order valence-corrected chi connectivity index (χ1v) is 8.33. The van der Waals surface area contributed by atoms with Crippen molar-refractivity contribution in [2.24, 2.45) is 0 Å². The van der Waals surface area contributed by atoms with Gasteiger partial charge >= 0.3 is 5.97 Å². The molecule has 26 heavy (non-hydrogen) atoms. The van der Waals surface area contributed by atoms with Crippen molar-refractivity contribution in [2.45, 2.75) is 31.7 Å². The summed E-state index contributed by atoms with van der Waals surface area (Å²) in [4.78, 5) is 38.4. The molecule has 2 heterocycles. The van der Waals surface area contributed by atoms with Crippen LogP contribution in [0.5, 0.6) is 0 Å². The number of carboxylic acids is 1. The molecule has 0 spiro atoms. The van der Waals surface area contributed by atoms with Gasteiger partial charge in [-0.25, -0.2) is 4.68 Å². The summed E-state index contributed by atoms with van der Waals surface area (Å²) in [6, 6.07) is 6.71. The molecule has 10 heteroatoms. The molecule has 0 saturated heterocycles. The summed E-state index contributed by atoms with van der Waals surface area (Å²) in [6.45, 7) is 0. The maximum absolute atomic E-state index is 12.0. The number of hydrogen-bond acceptors (Lipinski definition) is 5. The lowest BCUT2D eigenvalue weighted by atomic mass is 10.0. The van der Waals surface area contributed by atoms with Crippen molar-refractivity contribution >= 4 is 41.3 Å². The van der Waals surface area contributed by atoms with E-state index in [0.29, 0.717) is 5.02 Å². The third kappa shape index (κ3) is 4.17. The van der Waals surface area contributed by atoms with Gasteiger partial charge in [0.25, 0.3) is 5.95 Å². The zero-order chi connectivity index (χ0) is 18.7. The summed E-state index contributed by atoms with van der Waals surface area (Å²) >= 11 is 5.90. The van der Waals surface area contributed by atoms with Crippen LogP contribution in [0.2, 0.25) is 5.02 Å². The number of fused-ring (bicyclic) bond motifs is 1. The minimum absolute atomic E-state index is 0.0448. The molecule has 0 bridgehead atoms. The van der Waals surface area contributed by atoms with Crippen LogP contribution in [0.1, 0.15) is 37.3 Å². The molecule has 9 nitrogen and oxygen atoms in total. The molecule has 3 rings (SSSR count). The molecule has 1 aromatic heterocycles. The Hall–Kier alpha value is -2.94. The predicted octanol–water partition coefficient (Wildman–Crippen LogP) is 2.06. The van der Waals surface area contributed by atoms with Crippen LogP contribution >= 0.6 is 11.6 Å². The number of nitrogens with one attached hydrogen (secondary N) is 2. The Morgan fingerprint density at radius 1 is 1.31 bits per heavy atom. The summed E-state index contributed by atoms with van der Waals surface area (Å²) in [6.07, 6.45) is 0.362. The molecule has 1 aromatic carbocycles. The van der Waals surface area contributed by atoms with Gasteiger partial charge in [-0.1, -0.05) is 23.7 Å². The van der Waals surface area contributed by atoms with Gasteiger partial charge in [-0.3, -0.25) is 25.0 Å². The van der Waals surface area contributed by atoms with Crippen molar-refractivity contribution in [1.82, 2.24) is 14.8 Å². The first kappa shape index (κ1) is 17.9. The van der Waals surface area contributed by atoms with E-state index in [2.05, 4.69) is 20.7 Å². The molecule has 0 unspecified atom stereocenters. The summed E-state index contributed by atoms with van der Waals surface area (Å²) < 4.78 is 1.54. The first-order valence-electron chi connectivity index (χ1n) is 7.96. The van der Waals surface area contributed by atoms with Crippen LogP contribution in [0.15, 0.2) is 24.3 Å². The van der Waals surface area contributed by atoms with Gasteiger partial charge in [0.15, 0.2) is 0 Å². The fraction of sp³-hybridized carbons (Fsp3) is 0.312. The van der Waals surface area contributed by atoms with Crippen molar-refractivity contribution in [3.05, 3.63) is 34.9 Å². The number of rotatable bonds is 6. The minimum Gasteiger partial charge on any atom is -0.481 e. The monoisotopic (exact) mass is 377 g/mol. The summed E-state index contributed by atoms with van der Waals surface area (Å²) in [5.41, 5.74) is 0.842. The molecule has 0 fully saturated rings. The van der Waals surface area contributed by atoms with E-state index in [0.717, 1.165) is 5.56 Å². The third-order valence-electron chi connectivity index (χ3n) is 3.86. The van der Waals surface area contributed by atoms with E-state index in [-0.39, 0.29) is 55.4 Å². The molecule has 0 aliphatic carbocycles. The van der Waals surface area contributed by atoms with Crippen LogP contribution in [0, 0.1) is 0 Å². The van der Waals surface area contributed by atoms with Crippen molar-refractivity contribution in [3.63, 3.8) is 0 Å². The summed E-state index contributed by atoms with van der Waals surface area (Å²) in [5, 5.41) is 18.6. The van der Waals surface area contributed by atoms with Gasteiger partial charge in [0, 0.05) is 17.9 Å². The molecule has 3 N–H and O–H groups in total. The van der Waals surface area contributed by atoms with Gasteiger partial charge in [0.2, 0.25) is 17.8 Å². The van der Waals surface area contributed by atoms with Crippen LogP contribution < -0.4 is 10.6 Å². The predicted molar refractivity (Wildman–Crippen MR) is 93.0 cm³/mol. The Bertz CT molecular complexity index is 849. The van der Waals surface area contributed by atoms with E-state index in [1.165, 1.54) is 4.68 Å². The number of hydrogen-bond donors (Lipinski definition) is 3. The summed E-state index contributed by atoms with van der Waals surface area (Å²) in [7, 11) is 0. The number of nitrogens with zero attached hydrogens (tertiary/aromatic N) is 3. The Labute approximate surface area is 153 Å². The number of aliphatic carboxylic acids is 1. The molecular formula is C16H16ClN5O4. The van der Waals surface area contributed by atoms with E-state index in [4.69, 9.17) is 16.7 Å². The molecule has 1 aliphatic rings. The lowest BCUT2D eigenvalue weighted by molar-refractivity contribution is -0.137. The highest BCUT2D eigenvalue weighted by molar-refractivity contribution is 6.30. The zero-order valence-electron chi connectivity index (χ0n) is 13.6. The Kier molecular flexibility index (Phi) is 5.17. The lowest BCUT2D eigenvalue weighted by Crippen LogP contribution is -2.29. The third-order valence-corrected chi connectivity index (χ3v) is 4.11. The highest BCUT2D eigenvalue weighted by Crippen LogP contribution is 2.30. The second-order valence-corrected chi connectivity index (χ2v) is 6.26. The number of carbonyl (C=O) groups excluding carboxylic acids is 2. The SMILES string of the molecule is O=C(O)CCCC(=O)Nc1nc2n(n1)[C@H](c1ccc(Cl)cc1)CC(=O)N2. The van der Waals surface area contributed by atoms with Crippen LogP contribution in [-0.4, -0.2) is 37.7 Å². The average Bonchev–Trinajstić information content (AvgIpc) is 2.96. The van der Waals surface area contributed by atoms with E-state index in [1.807, 2.05) is 0 Å². The van der Waals surface area contributed by atoms with Gasteiger partial charge in [-0.15, -0.1) is 5.10 Å². The van der Waals surface area contributed by atoms with Gasteiger partial charge in [-0.05, 0) is 24.1 Å². The van der Waals surface area contributed by atoms with E-state index in [9.17, 15) is 14.4 Å². The number of carboxylic acid groups (broad SMARTS) is 1. The second-order valence-electron chi connectivity index (χ2n) is 5.82. The highest BCUT2D eigenvalue weighted by atomic mass is 35.5. The molecule has 0 saturated carbocycles. The Morgan fingerprint density at radius 3 is 2.73 bits per heavy atom. The number of anilines is 2.